The Morgan fingerprint density at radius 2 is 1.96 bits per heavy atom. The Morgan fingerprint density at radius 1 is 1.29 bits per heavy atom. The van der Waals surface area contributed by atoms with Crippen LogP contribution in [0.25, 0.3) is 11.3 Å². The lowest BCUT2D eigenvalue weighted by Gasteiger charge is -2.28. The van der Waals surface area contributed by atoms with Gasteiger partial charge in [0, 0.05) is 24.5 Å². The zero-order valence-electron chi connectivity index (χ0n) is 14.3. The van der Waals surface area contributed by atoms with Crippen molar-refractivity contribution in [3.63, 3.8) is 0 Å². The molecule has 3 rings (SSSR count). The lowest BCUT2D eigenvalue weighted by Crippen LogP contribution is -2.42. The van der Waals surface area contributed by atoms with Crippen molar-refractivity contribution in [1.82, 2.24) is 9.88 Å². The van der Waals surface area contributed by atoms with Gasteiger partial charge in [-0.25, -0.2) is 4.98 Å². The van der Waals surface area contributed by atoms with E-state index in [1.807, 2.05) is 36.6 Å². The van der Waals surface area contributed by atoms with Gasteiger partial charge in [-0.3, -0.25) is 4.79 Å². The predicted octanol–water partition coefficient (Wildman–Crippen LogP) is 3.42. The molecule has 1 aliphatic carbocycles. The molecule has 1 N–H and O–H groups in total. The number of carbonyl (C=O) groups excluding carboxylic acids is 1. The van der Waals surface area contributed by atoms with Crippen molar-refractivity contribution in [2.75, 3.05) is 13.6 Å². The third kappa shape index (κ3) is 4.02. The number of benzene rings is 1. The van der Waals surface area contributed by atoms with Crippen molar-refractivity contribution in [2.45, 2.75) is 44.6 Å². The number of aliphatic hydroxyl groups is 1. The number of carbonyl (C=O) groups is 1. The van der Waals surface area contributed by atoms with Gasteiger partial charge in [-0.2, -0.15) is 0 Å². The van der Waals surface area contributed by atoms with Crippen LogP contribution in [0.3, 0.4) is 0 Å². The number of nitrogens with zero attached hydrogens (tertiary/aromatic N) is 2. The molecule has 1 aliphatic rings. The van der Waals surface area contributed by atoms with Crippen LogP contribution in [0.4, 0.5) is 0 Å². The molecule has 1 heterocycles. The highest BCUT2D eigenvalue weighted by Crippen LogP contribution is 2.30. The summed E-state index contributed by atoms with van der Waals surface area (Å²) < 4.78 is 0. The maximum Gasteiger partial charge on any atom is 0.226 e. The summed E-state index contributed by atoms with van der Waals surface area (Å²) in [6.45, 7) is 2.43. The summed E-state index contributed by atoms with van der Waals surface area (Å²) >= 11 is 1.64. The molecule has 1 saturated carbocycles. The maximum atomic E-state index is 12.4. The Balaban J connectivity index is 1.60. The minimum Gasteiger partial charge on any atom is -0.388 e. The largest absolute Gasteiger partial charge is 0.388 e. The average molecular weight is 344 g/mol. The zero-order valence-corrected chi connectivity index (χ0v) is 15.1. The molecule has 4 nitrogen and oxygen atoms in total. The van der Waals surface area contributed by atoms with Crippen LogP contribution < -0.4 is 0 Å². The average Bonchev–Trinajstić information content (AvgIpc) is 3.17. The summed E-state index contributed by atoms with van der Waals surface area (Å²) in [5, 5.41) is 13.5. The second kappa shape index (κ2) is 7.03. The Kier molecular flexibility index (Phi) is 5.01. The fourth-order valence-electron chi connectivity index (χ4n) is 3.32. The molecule has 0 radical (unpaired) electrons. The van der Waals surface area contributed by atoms with Crippen LogP contribution in [-0.4, -0.2) is 40.1 Å². The van der Waals surface area contributed by atoms with E-state index in [2.05, 4.69) is 4.98 Å². The quantitative estimate of drug-likeness (QED) is 0.904. The van der Waals surface area contributed by atoms with Gasteiger partial charge < -0.3 is 10.0 Å². The Bertz CT molecular complexity index is 702. The number of rotatable bonds is 5. The smallest absolute Gasteiger partial charge is 0.226 e. The second-order valence-corrected chi connectivity index (χ2v) is 7.87. The van der Waals surface area contributed by atoms with Crippen molar-refractivity contribution >= 4 is 17.2 Å². The van der Waals surface area contributed by atoms with E-state index in [-0.39, 0.29) is 5.91 Å². The van der Waals surface area contributed by atoms with E-state index >= 15 is 0 Å². The molecular weight excluding hydrogens is 320 g/mol. The molecule has 0 atom stereocenters. The first-order valence-corrected chi connectivity index (χ1v) is 9.31. The van der Waals surface area contributed by atoms with Crippen molar-refractivity contribution in [1.29, 1.82) is 0 Å². The minimum absolute atomic E-state index is 0.0487. The first-order valence-electron chi connectivity index (χ1n) is 8.43. The third-order valence-electron chi connectivity index (χ3n) is 4.72. The van der Waals surface area contributed by atoms with E-state index in [9.17, 15) is 9.90 Å². The molecule has 0 saturated heterocycles. The van der Waals surface area contributed by atoms with Gasteiger partial charge in [0.2, 0.25) is 5.91 Å². The van der Waals surface area contributed by atoms with Gasteiger partial charge >= 0.3 is 0 Å². The molecule has 1 aromatic heterocycles. The number of aryl methyl sites for hydroxylation is 1. The summed E-state index contributed by atoms with van der Waals surface area (Å²) in [4.78, 5) is 18.6. The van der Waals surface area contributed by atoms with E-state index in [1.54, 1.807) is 23.3 Å². The van der Waals surface area contributed by atoms with Crippen LogP contribution in [0.5, 0.6) is 0 Å². The normalized spacial score (nSPS) is 16.3. The number of aromatic nitrogens is 1. The van der Waals surface area contributed by atoms with Gasteiger partial charge in [0.05, 0.1) is 22.7 Å². The van der Waals surface area contributed by atoms with Crippen molar-refractivity contribution in [2.24, 2.45) is 0 Å². The maximum absolute atomic E-state index is 12.4. The Morgan fingerprint density at radius 3 is 2.54 bits per heavy atom. The van der Waals surface area contributed by atoms with E-state index in [0.717, 1.165) is 47.5 Å². The summed E-state index contributed by atoms with van der Waals surface area (Å²) in [7, 11) is 1.78. The molecule has 0 unspecified atom stereocenters. The first-order chi connectivity index (χ1) is 11.5. The zero-order chi connectivity index (χ0) is 17.2. The molecule has 1 fully saturated rings. The minimum atomic E-state index is -0.684. The first kappa shape index (κ1) is 17.1. The van der Waals surface area contributed by atoms with Gasteiger partial charge in [-0.15, -0.1) is 11.3 Å². The highest BCUT2D eigenvalue weighted by atomic mass is 32.1. The molecule has 0 bridgehead atoms. The van der Waals surface area contributed by atoms with E-state index in [4.69, 9.17) is 0 Å². The summed E-state index contributed by atoms with van der Waals surface area (Å²) in [6.07, 6.45) is 4.06. The van der Waals surface area contributed by atoms with Crippen LogP contribution in [0, 0.1) is 6.92 Å². The fourth-order valence-corrected chi connectivity index (χ4v) is 3.94. The van der Waals surface area contributed by atoms with Crippen LogP contribution in [0.2, 0.25) is 0 Å². The fraction of sp³-hybridized carbons (Fsp3) is 0.474. The lowest BCUT2D eigenvalue weighted by molar-refractivity contribution is -0.132. The van der Waals surface area contributed by atoms with Crippen LogP contribution >= 0.6 is 11.3 Å². The van der Waals surface area contributed by atoms with Gasteiger partial charge in [0.25, 0.3) is 0 Å². The molecule has 0 spiro atoms. The molecule has 128 valence electrons. The predicted molar refractivity (Wildman–Crippen MR) is 97.0 cm³/mol. The topological polar surface area (TPSA) is 53.4 Å². The highest BCUT2D eigenvalue weighted by molar-refractivity contribution is 7.09. The molecule has 1 aromatic carbocycles. The van der Waals surface area contributed by atoms with Crippen molar-refractivity contribution < 1.29 is 9.90 Å². The Hall–Kier alpha value is -1.72. The Labute approximate surface area is 147 Å². The highest BCUT2D eigenvalue weighted by Gasteiger charge is 2.33. The van der Waals surface area contributed by atoms with Crippen LogP contribution in [0.15, 0.2) is 29.6 Å². The number of hydrogen-bond acceptors (Lipinski definition) is 4. The van der Waals surface area contributed by atoms with Gasteiger partial charge in [0.1, 0.15) is 0 Å². The molecule has 5 heteroatoms. The van der Waals surface area contributed by atoms with Crippen molar-refractivity contribution in [3.05, 3.63) is 40.2 Å². The number of amides is 1. The third-order valence-corrected chi connectivity index (χ3v) is 5.49. The van der Waals surface area contributed by atoms with E-state index in [1.165, 1.54) is 0 Å². The summed E-state index contributed by atoms with van der Waals surface area (Å²) in [5.74, 6) is 0.0487. The van der Waals surface area contributed by atoms with Crippen LogP contribution in [-0.2, 0) is 11.2 Å². The van der Waals surface area contributed by atoms with Crippen molar-refractivity contribution in [3.8, 4) is 11.3 Å². The van der Waals surface area contributed by atoms with Gasteiger partial charge in [0.15, 0.2) is 0 Å². The SMILES string of the molecule is Cc1nc(-c2ccc(CC(=O)N(C)CC3(O)CCCC3)cc2)cs1. The van der Waals surface area contributed by atoms with Crippen LogP contribution in [0.1, 0.15) is 36.3 Å². The number of thiazole rings is 1. The lowest BCUT2D eigenvalue weighted by atomic mass is 10.0. The summed E-state index contributed by atoms with van der Waals surface area (Å²) in [5.41, 5.74) is 2.36. The molecule has 2 aromatic rings. The second-order valence-electron chi connectivity index (χ2n) is 6.81. The molecule has 1 amide bonds. The van der Waals surface area contributed by atoms with E-state index in [0.29, 0.717) is 13.0 Å². The summed E-state index contributed by atoms with van der Waals surface area (Å²) in [6, 6.07) is 8.00. The monoisotopic (exact) mass is 344 g/mol. The van der Waals surface area contributed by atoms with Gasteiger partial charge in [-0.05, 0) is 25.3 Å². The molecule has 24 heavy (non-hydrogen) atoms. The molecule has 0 aliphatic heterocycles. The number of likely N-dealkylation sites (N-methyl/N-ethyl adjacent to an activating group) is 1. The molecular formula is C19H24N2O2S. The van der Waals surface area contributed by atoms with Gasteiger partial charge in [-0.1, -0.05) is 37.1 Å². The standard InChI is InChI=1S/C19H24N2O2S/c1-14-20-17(12-24-14)16-7-5-15(6-8-16)11-18(22)21(2)13-19(23)9-3-4-10-19/h5-8,12,23H,3-4,9-11,13H2,1-2H3. The van der Waals surface area contributed by atoms with E-state index < -0.39 is 5.60 Å². The number of hydrogen-bond donors (Lipinski definition) is 1.